The molecule has 3 aromatic rings. The molecular formula is C22H26N2O3S. The predicted molar refractivity (Wildman–Crippen MR) is 112 cm³/mol. The summed E-state index contributed by atoms with van der Waals surface area (Å²) in [6, 6.07) is 8.54. The van der Waals surface area contributed by atoms with Gasteiger partial charge in [0, 0.05) is 35.5 Å². The lowest BCUT2D eigenvalue weighted by atomic mass is 10.0. The lowest BCUT2D eigenvalue weighted by Gasteiger charge is -2.34. The Kier molecular flexibility index (Phi) is 5.80. The molecule has 1 atom stereocenters. The zero-order valence-corrected chi connectivity index (χ0v) is 17.2. The molecule has 2 aromatic heterocycles. The van der Waals surface area contributed by atoms with Crippen LogP contribution in [0.4, 0.5) is 0 Å². The van der Waals surface area contributed by atoms with Crippen LogP contribution in [0.1, 0.15) is 27.6 Å². The van der Waals surface area contributed by atoms with Gasteiger partial charge >= 0.3 is 0 Å². The van der Waals surface area contributed by atoms with E-state index >= 15 is 0 Å². The van der Waals surface area contributed by atoms with Crippen LogP contribution in [0.3, 0.4) is 0 Å². The fraction of sp³-hybridized carbons (Fsp3) is 0.409. The van der Waals surface area contributed by atoms with Crippen LogP contribution in [-0.2, 0) is 16.0 Å². The minimum absolute atomic E-state index is 0.0238. The lowest BCUT2D eigenvalue weighted by molar-refractivity contribution is -0.120. The molecule has 1 saturated heterocycles. The van der Waals surface area contributed by atoms with E-state index in [4.69, 9.17) is 9.15 Å². The Hall–Kier alpha value is -2.15. The summed E-state index contributed by atoms with van der Waals surface area (Å²) >= 11 is 1.74. The number of nitrogens with one attached hydrogen (secondary N) is 1. The number of morpholine rings is 1. The molecule has 1 N–H and O–H groups in total. The first-order chi connectivity index (χ1) is 13.6. The molecule has 0 radical (unpaired) electrons. The summed E-state index contributed by atoms with van der Waals surface area (Å²) < 4.78 is 11.2. The van der Waals surface area contributed by atoms with Crippen LogP contribution < -0.4 is 5.32 Å². The van der Waals surface area contributed by atoms with E-state index in [1.54, 1.807) is 17.6 Å². The third-order valence-corrected chi connectivity index (χ3v) is 6.52. The van der Waals surface area contributed by atoms with E-state index in [1.807, 2.05) is 6.07 Å². The molecule has 0 aliphatic carbocycles. The van der Waals surface area contributed by atoms with Gasteiger partial charge in [0.15, 0.2) is 0 Å². The molecule has 0 saturated carbocycles. The van der Waals surface area contributed by atoms with Gasteiger partial charge in [0.05, 0.1) is 31.9 Å². The number of amides is 1. The number of nitrogens with zero attached hydrogens (tertiary/aromatic N) is 1. The third-order valence-electron chi connectivity index (χ3n) is 5.54. The van der Waals surface area contributed by atoms with Crippen LogP contribution in [0.5, 0.6) is 0 Å². The van der Waals surface area contributed by atoms with Gasteiger partial charge < -0.3 is 14.5 Å². The smallest absolute Gasteiger partial charge is 0.224 e. The molecule has 4 rings (SSSR count). The molecule has 1 fully saturated rings. The number of benzene rings is 1. The first kappa shape index (κ1) is 19.2. The van der Waals surface area contributed by atoms with Gasteiger partial charge in [-0.3, -0.25) is 9.69 Å². The largest absolute Gasteiger partial charge is 0.464 e. The Labute approximate surface area is 169 Å². The second-order valence-electron chi connectivity index (χ2n) is 7.31. The molecule has 1 aliphatic rings. The number of ether oxygens (including phenoxy) is 1. The van der Waals surface area contributed by atoms with Crippen LogP contribution >= 0.6 is 11.3 Å². The molecule has 1 unspecified atom stereocenters. The highest BCUT2D eigenvalue weighted by molar-refractivity contribution is 7.10. The van der Waals surface area contributed by atoms with E-state index in [-0.39, 0.29) is 11.9 Å². The van der Waals surface area contributed by atoms with Crippen LogP contribution in [-0.4, -0.2) is 43.7 Å². The number of aryl methyl sites for hydroxylation is 2. The molecule has 148 valence electrons. The standard InChI is InChI=1S/C22H26N2O3S/c1-15-5-6-18-17(14-27-22(18)16(15)2)12-21(25)23-13-19(20-4-3-11-28-20)24-7-9-26-10-8-24/h3-6,11,14,19H,7-10,12-13H2,1-2H3,(H,23,25). The second-order valence-corrected chi connectivity index (χ2v) is 8.28. The molecule has 6 heteroatoms. The van der Waals surface area contributed by atoms with Crippen molar-refractivity contribution < 1.29 is 13.9 Å². The summed E-state index contributed by atoms with van der Waals surface area (Å²) in [7, 11) is 0. The van der Waals surface area contributed by atoms with Crippen LogP contribution in [0.15, 0.2) is 40.3 Å². The predicted octanol–water partition coefficient (Wildman–Crippen LogP) is 3.84. The van der Waals surface area contributed by atoms with Gasteiger partial charge in [-0.15, -0.1) is 11.3 Å². The average molecular weight is 399 g/mol. The number of rotatable bonds is 6. The molecular weight excluding hydrogens is 372 g/mol. The number of fused-ring (bicyclic) bond motifs is 1. The number of hydrogen-bond acceptors (Lipinski definition) is 5. The van der Waals surface area contributed by atoms with E-state index in [1.165, 1.54) is 10.4 Å². The maximum absolute atomic E-state index is 12.7. The van der Waals surface area contributed by atoms with Crippen molar-refractivity contribution in [2.45, 2.75) is 26.3 Å². The summed E-state index contributed by atoms with van der Waals surface area (Å²) in [6.45, 7) is 8.00. The Balaban J connectivity index is 1.43. The number of carbonyl (C=O) groups is 1. The van der Waals surface area contributed by atoms with Crippen molar-refractivity contribution in [2.24, 2.45) is 0 Å². The maximum Gasteiger partial charge on any atom is 0.224 e. The second kappa shape index (κ2) is 8.47. The Bertz CT molecular complexity index is 942. The van der Waals surface area contributed by atoms with Gasteiger partial charge in [-0.2, -0.15) is 0 Å². The van der Waals surface area contributed by atoms with Crippen molar-refractivity contribution >= 4 is 28.2 Å². The van der Waals surface area contributed by atoms with Gasteiger partial charge in [0.1, 0.15) is 5.58 Å². The third kappa shape index (κ3) is 3.99. The van der Waals surface area contributed by atoms with Gasteiger partial charge in [-0.25, -0.2) is 0 Å². The number of thiophene rings is 1. The molecule has 1 aromatic carbocycles. The molecule has 0 spiro atoms. The summed E-state index contributed by atoms with van der Waals surface area (Å²) in [5, 5.41) is 6.26. The minimum atomic E-state index is 0.0238. The van der Waals surface area contributed by atoms with E-state index < -0.39 is 0 Å². The zero-order valence-electron chi connectivity index (χ0n) is 16.4. The fourth-order valence-corrected chi connectivity index (χ4v) is 4.61. The quantitative estimate of drug-likeness (QED) is 0.685. The minimum Gasteiger partial charge on any atom is -0.464 e. The first-order valence-corrected chi connectivity index (χ1v) is 10.6. The zero-order chi connectivity index (χ0) is 19.5. The van der Waals surface area contributed by atoms with Gasteiger partial charge in [-0.1, -0.05) is 18.2 Å². The van der Waals surface area contributed by atoms with E-state index in [0.717, 1.165) is 48.4 Å². The molecule has 0 bridgehead atoms. The first-order valence-electron chi connectivity index (χ1n) is 9.71. The van der Waals surface area contributed by atoms with E-state index in [9.17, 15) is 4.79 Å². The van der Waals surface area contributed by atoms with Crippen molar-refractivity contribution in [1.82, 2.24) is 10.2 Å². The number of hydrogen-bond donors (Lipinski definition) is 1. The van der Waals surface area contributed by atoms with Crippen LogP contribution in [0.25, 0.3) is 11.0 Å². The summed E-state index contributed by atoms with van der Waals surface area (Å²) in [6.07, 6.45) is 2.05. The van der Waals surface area contributed by atoms with Crippen LogP contribution in [0, 0.1) is 13.8 Å². The Morgan fingerprint density at radius 3 is 2.82 bits per heavy atom. The summed E-state index contributed by atoms with van der Waals surface area (Å²) in [4.78, 5) is 16.3. The molecule has 1 aliphatic heterocycles. The summed E-state index contributed by atoms with van der Waals surface area (Å²) in [5.74, 6) is 0.0238. The molecule has 5 nitrogen and oxygen atoms in total. The van der Waals surface area contributed by atoms with Crippen molar-refractivity contribution in [3.63, 3.8) is 0 Å². The lowest BCUT2D eigenvalue weighted by Crippen LogP contribution is -2.43. The van der Waals surface area contributed by atoms with E-state index in [2.05, 4.69) is 47.6 Å². The number of carbonyl (C=O) groups excluding carboxylic acids is 1. The van der Waals surface area contributed by atoms with Crippen molar-refractivity contribution in [3.8, 4) is 0 Å². The fourth-order valence-electron chi connectivity index (χ4n) is 3.75. The van der Waals surface area contributed by atoms with Gasteiger partial charge in [0.25, 0.3) is 0 Å². The highest BCUT2D eigenvalue weighted by atomic mass is 32.1. The van der Waals surface area contributed by atoms with E-state index in [0.29, 0.717) is 13.0 Å². The summed E-state index contributed by atoms with van der Waals surface area (Å²) in [5.41, 5.74) is 4.15. The van der Waals surface area contributed by atoms with Gasteiger partial charge in [-0.05, 0) is 36.4 Å². The highest BCUT2D eigenvalue weighted by Gasteiger charge is 2.24. The van der Waals surface area contributed by atoms with Crippen LogP contribution in [0.2, 0.25) is 0 Å². The monoisotopic (exact) mass is 398 g/mol. The normalized spacial score (nSPS) is 16.4. The maximum atomic E-state index is 12.7. The topological polar surface area (TPSA) is 54.7 Å². The SMILES string of the molecule is Cc1ccc2c(CC(=O)NCC(c3cccs3)N3CCOCC3)coc2c1C. The molecule has 28 heavy (non-hydrogen) atoms. The van der Waals surface area contributed by atoms with Crippen molar-refractivity contribution in [1.29, 1.82) is 0 Å². The highest BCUT2D eigenvalue weighted by Crippen LogP contribution is 2.27. The average Bonchev–Trinajstić information content (AvgIpc) is 3.37. The van der Waals surface area contributed by atoms with Gasteiger partial charge in [0.2, 0.25) is 5.91 Å². The number of furan rings is 1. The van der Waals surface area contributed by atoms with Crippen molar-refractivity contribution in [3.05, 3.63) is 57.5 Å². The molecule has 3 heterocycles. The Morgan fingerprint density at radius 2 is 2.07 bits per heavy atom. The van der Waals surface area contributed by atoms with Crippen molar-refractivity contribution in [2.75, 3.05) is 32.8 Å². The molecule has 1 amide bonds. The Morgan fingerprint density at radius 1 is 1.25 bits per heavy atom.